The van der Waals surface area contributed by atoms with Gasteiger partial charge in [0.2, 0.25) is 0 Å². The minimum atomic E-state index is -3.29. The van der Waals surface area contributed by atoms with E-state index in [1.165, 1.54) is 6.92 Å². The van der Waals surface area contributed by atoms with Gasteiger partial charge in [0.1, 0.15) is 6.10 Å². The lowest BCUT2D eigenvalue weighted by molar-refractivity contribution is -0.185. The Morgan fingerprint density at radius 3 is 1.75 bits per heavy atom. The summed E-state index contributed by atoms with van der Waals surface area (Å²) < 4.78 is 9.98. The van der Waals surface area contributed by atoms with Crippen molar-refractivity contribution in [3.63, 3.8) is 0 Å². The zero-order valence-corrected chi connectivity index (χ0v) is 17.2. The molecule has 1 aliphatic carbocycles. The molecule has 0 saturated carbocycles. The Kier molecular flexibility index (Phi) is 7.49. The minimum absolute atomic E-state index is 0.180. The van der Waals surface area contributed by atoms with Gasteiger partial charge in [-0.15, -0.1) is 0 Å². The van der Waals surface area contributed by atoms with E-state index in [0.29, 0.717) is 0 Å². The number of esters is 2. The van der Waals surface area contributed by atoms with Crippen molar-refractivity contribution in [1.82, 2.24) is 0 Å². The summed E-state index contributed by atoms with van der Waals surface area (Å²) in [5.74, 6) is -12.9. The van der Waals surface area contributed by atoms with Crippen molar-refractivity contribution in [2.45, 2.75) is 32.5 Å². The summed E-state index contributed by atoms with van der Waals surface area (Å²) in [7, 11) is 0. The molecule has 0 aromatic rings. The van der Waals surface area contributed by atoms with E-state index in [1.807, 2.05) is 0 Å². The lowest BCUT2D eigenvalue weighted by atomic mass is 9.68. The summed E-state index contributed by atoms with van der Waals surface area (Å²) >= 11 is 0. The molecule has 12 nitrogen and oxygen atoms in total. The van der Waals surface area contributed by atoms with Gasteiger partial charge >= 0.3 is 35.8 Å². The lowest BCUT2D eigenvalue weighted by Gasteiger charge is -2.42. The van der Waals surface area contributed by atoms with Crippen LogP contribution >= 0.6 is 0 Å². The monoisotopic (exact) mass is 452 g/mol. The van der Waals surface area contributed by atoms with Crippen molar-refractivity contribution < 1.29 is 58.7 Å². The first kappa shape index (κ1) is 25.8. The molecule has 0 bridgehead atoms. The van der Waals surface area contributed by atoms with Crippen molar-refractivity contribution in [3.05, 3.63) is 47.1 Å². The first-order chi connectivity index (χ1) is 14.6. The van der Waals surface area contributed by atoms with Gasteiger partial charge < -0.3 is 29.9 Å². The van der Waals surface area contributed by atoms with E-state index in [-0.39, 0.29) is 17.2 Å². The molecule has 0 aliphatic heterocycles. The molecule has 3 unspecified atom stereocenters. The van der Waals surface area contributed by atoms with Crippen LogP contribution in [0.2, 0.25) is 0 Å². The number of carboxylic acid groups (broad SMARTS) is 4. The highest BCUT2D eigenvalue weighted by molar-refractivity contribution is 6.10. The fourth-order valence-corrected chi connectivity index (χ4v) is 3.06. The van der Waals surface area contributed by atoms with Gasteiger partial charge in [-0.05, 0) is 26.8 Å². The van der Waals surface area contributed by atoms with Crippen LogP contribution in [0.4, 0.5) is 0 Å². The van der Waals surface area contributed by atoms with E-state index >= 15 is 0 Å². The van der Waals surface area contributed by atoms with Crippen LogP contribution < -0.4 is 0 Å². The van der Waals surface area contributed by atoms with Crippen molar-refractivity contribution in [2.75, 3.05) is 0 Å². The Morgan fingerprint density at radius 2 is 1.41 bits per heavy atom. The molecule has 0 radical (unpaired) electrons. The van der Waals surface area contributed by atoms with E-state index in [2.05, 4.69) is 13.2 Å². The van der Waals surface area contributed by atoms with Gasteiger partial charge in [-0.3, -0.25) is 0 Å². The second kappa shape index (κ2) is 9.29. The van der Waals surface area contributed by atoms with Crippen LogP contribution in [-0.2, 0) is 38.2 Å². The van der Waals surface area contributed by atoms with Crippen LogP contribution in [0.1, 0.15) is 20.8 Å². The summed E-state index contributed by atoms with van der Waals surface area (Å²) in [5, 5.41) is 38.8. The highest BCUT2D eigenvalue weighted by Gasteiger charge is 2.63. The van der Waals surface area contributed by atoms with E-state index in [1.54, 1.807) is 0 Å². The fraction of sp³-hybridized carbons (Fsp3) is 0.300. The molecule has 0 aromatic heterocycles. The van der Waals surface area contributed by atoms with Gasteiger partial charge in [0.05, 0.1) is 22.6 Å². The second-order valence-electron chi connectivity index (χ2n) is 6.88. The molecule has 4 N–H and O–H groups in total. The summed E-state index contributed by atoms with van der Waals surface area (Å²) in [6.07, 6.45) is -1.53. The van der Waals surface area contributed by atoms with Crippen LogP contribution in [0.15, 0.2) is 47.1 Å². The van der Waals surface area contributed by atoms with Gasteiger partial charge in [0, 0.05) is 11.1 Å². The number of ether oxygens (including phenoxy) is 2. The largest absolute Gasteiger partial charge is 0.478 e. The average Bonchev–Trinajstić information content (AvgIpc) is 2.65. The zero-order chi connectivity index (χ0) is 25.1. The molecule has 0 amide bonds. The quantitative estimate of drug-likeness (QED) is 0.280. The first-order valence-corrected chi connectivity index (χ1v) is 8.74. The molecule has 3 atom stereocenters. The molecule has 32 heavy (non-hydrogen) atoms. The summed E-state index contributed by atoms with van der Waals surface area (Å²) in [4.78, 5) is 72.3. The standard InChI is InChI=1S/C20H20O12/c1-7(2)17(27)31-9(5)13-12(16(25)26)10(14(21)22)6-11(15(23)24)20(13,19(29)30)32-18(28)8(3)4/h6,9,13H,1,3H2,2,4-5H3,(H,21,22)(H,23,24)(H,25,26)(H,29,30). The van der Waals surface area contributed by atoms with E-state index < -0.39 is 70.2 Å². The minimum Gasteiger partial charge on any atom is -0.478 e. The van der Waals surface area contributed by atoms with Crippen molar-refractivity contribution in [1.29, 1.82) is 0 Å². The summed E-state index contributed by atoms with van der Waals surface area (Å²) in [6, 6.07) is 0. The number of rotatable bonds is 9. The van der Waals surface area contributed by atoms with Crippen molar-refractivity contribution in [2.24, 2.45) is 5.92 Å². The number of aliphatic carboxylic acids is 4. The number of hydrogen-bond donors (Lipinski definition) is 4. The van der Waals surface area contributed by atoms with Crippen LogP contribution in [-0.4, -0.2) is 67.9 Å². The Labute approximate surface area is 180 Å². The molecule has 0 spiro atoms. The molecular formula is C20H20O12. The Hall–Kier alpha value is -4.22. The van der Waals surface area contributed by atoms with Crippen LogP contribution in [0.5, 0.6) is 0 Å². The SMILES string of the molecule is C=C(C)C(=O)OC(C)C1C(C(=O)O)=C(C(=O)O)C=C(C(=O)O)C1(OC(=O)C(=C)C)C(=O)O. The summed E-state index contributed by atoms with van der Waals surface area (Å²) in [6.45, 7) is 9.91. The Balaban J connectivity index is 4.11. The van der Waals surface area contributed by atoms with Crippen molar-refractivity contribution >= 4 is 35.8 Å². The molecular weight excluding hydrogens is 432 g/mol. The van der Waals surface area contributed by atoms with Gasteiger partial charge in [0.25, 0.3) is 5.60 Å². The predicted molar refractivity (Wildman–Crippen MR) is 103 cm³/mol. The smallest absolute Gasteiger partial charge is 0.354 e. The Bertz CT molecular complexity index is 1010. The number of carbonyl (C=O) groups excluding carboxylic acids is 2. The first-order valence-electron chi connectivity index (χ1n) is 8.74. The van der Waals surface area contributed by atoms with Crippen LogP contribution in [0.3, 0.4) is 0 Å². The van der Waals surface area contributed by atoms with Gasteiger partial charge in [-0.1, -0.05) is 13.2 Å². The molecule has 1 rings (SSSR count). The third kappa shape index (κ3) is 4.58. The summed E-state index contributed by atoms with van der Waals surface area (Å²) in [5.41, 5.74) is -7.36. The van der Waals surface area contributed by atoms with Gasteiger partial charge in [0.15, 0.2) is 0 Å². The van der Waals surface area contributed by atoms with Crippen LogP contribution in [0, 0.1) is 5.92 Å². The normalized spacial score (nSPS) is 21.0. The molecule has 1 aliphatic rings. The highest BCUT2D eigenvalue weighted by atomic mass is 16.6. The van der Waals surface area contributed by atoms with E-state index in [0.717, 1.165) is 13.8 Å². The van der Waals surface area contributed by atoms with Crippen molar-refractivity contribution in [3.8, 4) is 0 Å². The lowest BCUT2D eigenvalue weighted by Crippen LogP contribution is -2.59. The van der Waals surface area contributed by atoms with E-state index in [9.17, 15) is 49.2 Å². The topological polar surface area (TPSA) is 202 Å². The maximum Gasteiger partial charge on any atom is 0.354 e. The molecule has 12 heteroatoms. The fourth-order valence-electron chi connectivity index (χ4n) is 3.06. The highest BCUT2D eigenvalue weighted by Crippen LogP contribution is 2.45. The second-order valence-corrected chi connectivity index (χ2v) is 6.88. The Morgan fingerprint density at radius 1 is 0.906 bits per heavy atom. The number of hydrogen-bond acceptors (Lipinski definition) is 8. The number of carbonyl (C=O) groups is 6. The molecule has 0 aromatic carbocycles. The van der Waals surface area contributed by atoms with Gasteiger partial charge in [-0.25, -0.2) is 28.8 Å². The molecule has 172 valence electrons. The predicted octanol–water partition coefficient (Wildman–Crippen LogP) is 0.543. The molecule has 0 heterocycles. The third-order valence-corrected chi connectivity index (χ3v) is 4.45. The zero-order valence-electron chi connectivity index (χ0n) is 17.2. The van der Waals surface area contributed by atoms with Gasteiger partial charge in [-0.2, -0.15) is 0 Å². The maximum absolute atomic E-state index is 12.4. The number of carboxylic acids is 4. The van der Waals surface area contributed by atoms with Crippen LogP contribution in [0.25, 0.3) is 0 Å². The third-order valence-electron chi connectivity index (χ3n) is 4.45. The molecule has 0 saturated heterocycles. The van der Waals surface area contributed by atoms with E-state index in [4.69, 9.17) is 9.47 Å². The molecule has 0 fully saturated rings. The maximum atomic E-state index is 12.4. The average molecular weight is 452 g/mol.